The Bertz CT molecular complexity index is 2750. The Balaban J connectivity index is 4.63. The summed E-state index contributed by atoms with van der Waals surface area (Å²) in [5, 5.41) is 20.7. The van der Waals surface area contributed by atoms with Gasteiger partial charge in [0.15, 0.2) is 6.10 Å². The molecular formula is C93H154O16P2. The molecule has 0 aromatic rings. The van der Waals surface area contributed by atoms with E-state index in [0.717, 1.165) is 205 Å². The quantitative estimate of drug-likeness (QED) is 0.0146. The molecule has 0 aliphatic carbocycles. The number of unbranched alkanes of at least 4 members (excludes halogenated alkanes) is 27. The van der Waals surface area contributed by atoms with E-state index < -0.39 is 91.5 Å². The smallest absolute Gasteiger partial charge is 0.463 e. The first-order valence-electron chi connectivity index (χ1n) is 43.1. The number of phosphoric ester groups is 2. The third-order valence-corrected chi connectivity index (χ3v) is 19.5. The van der Waals surface area contributed by atoms with Gasteiger partial charge in [-0.2, -0.15) is 0 Å². The number of rotatable bonds is 80. The van der Waals surface area contributed by atoms with Gasteiger partial charge in [0.05, 0.1) is 26.4 Å². The Morgan fingerprint density at radius 3 is 0.712 bits per heavy atom. The van der Waals surface area contributed by atoms with Gasteiger partial charge in [0.1, 0.15) is 25.4 Å². The van der Waals surface area contributed by atoms with Gasteiger partial charge in [0.2, 0.25) is 0 Å². The molecule has 0 heterocycles. The van der Waals surface area contributed by atoms with Gasteiger partial charge in [-0.15, -0.1) is 0 Å². The van der Waals surface area contributed by atoms with Crippen LogP contribution in [0.3, 0.4) is 0 Å². The standard InChI is InChI=1S/C93H154O16P2/c1-4-7-10-13-16-19-22-25-28-31-34-36-38-40-42-43-45-47-48-50-53-55-58-61-64-67-70-73-76-79-91(96)103-82-88(94)83-105-110(99,100)106-84-89(95)85-107-111(101,102)108-87-90(109-93(98)81-78-75-72-69-66-63-60-57-52-33-30-27-24-21-18-15-12-9-6-3)86-104-92(97)80-77-74-71-68-65-62-59-56-54-51-49-46-44-41-39-37-35-32-29-26-23-20-17-14-11-8-5-2/h7-12,16-21,25-30,34-37,40-42,44,49,51-52,57,88-90,94-95H,4-6,13-15,22-24,31-33,38-39,43,45-48,50,53-56,58-87H2,1-3H3,(H,99,100)(H,101,102)/b10-7-,11-8-,12-9-,19-16-,20-17-,21-18-,28-25-,29-26-,30-27-,36-34-,37-35-,42-40-,44-41-,51-49-,57-52-. The number of hydrogen-bond donors (Lipinski definition) is 4. The molecule has 0 aliphatic heterocycles. The van der Waals surface area contributed by atoms with E-state index in [-0.39, 0.29) is 19.3 Å². The molecule has 16 nitrogen and oxygen atoms in total. The maximum atomic E-state index is 13.0. The minimum Gasteiger partial charge on any atom is -0.463 e. The average Bonchev–Trinajstić information content (AvgIpc) is 0.812. The van der Waals surface area contributed by atoms with Crippen molar-refractivity contribution >= 4 is 33.6 Å². The number of ether oxygens (including phenoxy) is 3. The number of aliphatic hydroxyl groups is 2. The van der Waals surface area contributed by atoms with E-state index in [1.165, 1.54) is 64.2 Å². The number of allylic oxidation sites excluding steroid dienone is 30. The molecular weight excluding hydrogens is 1430 g/mol. The second-order valence-electron chi connectivity index (χ2n) is 28.2. The van der Waals surface area contributed by atoms with E-state index in [0.29, 0.717) is 19.3 Å². The first-order valence-corrected chi connectivity index (χ1v) is 46.1. The Morgan fingerprint density at radius 1 is 0.252 bits per heavy atom. The number of hydrogen-bond acceptors (Lipinski definition) is 14. The third-order valence-electron chi connectivity index (χ3n) is 17.6. The van der Waals surface area contributed by atoms with Crippen molar-refractivity contribution in [3.63, 3.8) is 0 Å². The normalized spacial score (nSPS) is 14.8. The van der Waals surface area contributed by atoms with Crippen molar-refractivity contribution in [1.29, 1.82) is 0 Å². The lowest BCUT2D eigenvalue weighted by atomic mass is 10.0. The molecule has 4 N–H and O–H groups in total. The molecule has 5 unspecified atom stereocenters. The Labute approximate surface area is 675 Å². The second-order valence-corrected chi connectivity index (χ2v) is 31.1. The van der Waals surface area contributed by atoms with Crippen molar-refractivity contribution in [1.82, 2.24) is 0 Å². The van der Waals surface area contributed by atoms with Crippen LogP contribution in [0.5, 0.6) is 0 Å². The van der Waals surface area contributed by atoms with Gasteiger partial charge < -0.3 is 34.2 Å². The van der Waals surface area contributed by atoms with Gasteiger partial charge in [-0.3, -0.25) is 32.5 Å². The Kier molecular flexibility index (Phi) is 80.0. The summed E-state index contributed by atoms with van der Waals surface area (Å²) in [4.78, 5) is 58.9. The number of carbonyl (C=O) groups is 3. The van der Waals surface area contributed by atoms with Crippen LogP contribution in [0.25, 0.3) is 0 Å². The van der Waals surface area contributed by atoms with Gasteiger partial charge in [-0.25, -0.2) is 9.13 Å². The van der Waals surface area contributed by atoms with Crippen molar-refractivity contribution in [2.45, 2.75) is 347 Å². The highest BCUT2D eigenvalue weighted by Gasteiger charge is 2.29. The molecule has 0 aliphatic rings. The monoisotopic (exact) mass is 1590 g/mol. The zero-order valence-electron chi connectivity index (χ0n) is 69.3. The Morgan fingerprint density at radius 2 is 0.450 bits per heavy atom. The number of aliphatic hydroxyl groups excluding tert-OH is 2. The van der Waals surface area contributed by atoms with Gasteiger partial charge in [0, 0.05) is 19.3 Å². The van der Waals surface area contributed by atoms with E-state index in [4.69, 9.17) is 32.3 Å². The van der Waals surface area contributed by atoms with Crippen LogP contribution < -0.4 is 0 Å². The van der Waals surface area contributed by atoms with Crippen molar-refractivity contribution < 1.29 is 75.8 Å². The highest BCUT2D eigenvalue weighted by molar-refractivity contribution is 7.47. The van der Waals surface area contributed by atoms with Gasteiger partial charge >= 0.3 is 33.6 Å². The maximum Gasteiger partial charge on any atom is 0.472 e. The zero-order chi connectivity index (χ0) is 80.8. The van der Waals surface area contributed by atoms with Crippen LogP contribution >= 0.6 is 15.6 Å². The predicted octanol–water partition coefficient (Wildman–Crippen LogP) is 26.1. The van der Waals surface area contributed by atoms with E-state index in [1.54, 1.807) is 0 Å². The van der Waals surface area contributed by atoms with Gasteiger partial charge in [-0.1, -0.05) is 338 Å². The van der Waals surface area contributed by atoms with Crippen molar-refractivity contribution in [3.8, 4) is 0 Å². The SMILES string of the molecule is CC/C=C\C/C=C\C/C=C\C/C=C\C/C=C\C/C=C\CCCCCCCCCCC(=O)OCC(COP(=O)(O)OCC(O)COP(=O)(O)OCC(O)COC(=O)CCCCCCCCCCCCCCC/C=C\C/C=C\C/C=C\C/C=C\C/C=C\CC)OC(=O)CCCCCCCC/C=C\C/C=C\C/C=C\C/C=C\CC. The molecule has 0 aromatic heterocycles. The van der Waals surface area contributed by atoms with Crippen molar-refractivity contribution in [2.24, 2.45) is 0 Å². The van der Waals surface area contributed by atoms with E-state index in [9.17, 15) is 43.5 Å². The summed E-state index contributed by atoms with van der Waals surface area (Å²) in [5.41, 5.74) is 0. The molecule has 0 aromatic carbocycles. The molecule has 632 valence electrons. The molecule has 0 amide bonds. The number of esters is 3. The molecule has 0 saturated heterocycles. The predicted molar refractivity (Wildman–Crippen MR) is 463 cm³/mol. The molecule has 0 rings (SSSR count). The van der Waals surface area contributed by atoms with Crippen LogP contribution in [-0.4, -0.2) is 95.9 Å². The van der Waals surface area contributed by atoms with Crippen molar-refractivity contribution in [2.75, 3.05) is 39.6 Å². The average molecular weight is 1590 g/mol. The minimum atomic E-state index is -4.95. The summed E-state index contributed by atoms with van der Waals surface area (Å²) in [7, 11) is -9.82. The molecule has 0 bridgehead atoms. The number of carbonyl (C=O) groups excluding carboxylic acids is 3. The lowest BCUT2D eigenvalue weighted by molar-refractivity contribution is -0.161. The summed E-state index contributed by atoms with van der Waals surface area (Å²) < 4.78 is 61.3. The third kappa shape index (κ3) is 85.4. The fourth-order valence-electron chi connectivity index (χ4n) is 11.2. The largest absolute Gasteiger partial charge is 0.472 e. The van der Waals surface area contributed by atoms with Crippen LogP contribution in [0.1, 0.15) is 329 Å². The van der Waals surface area contributed by atoms with Crippen LogP contribution in [0.4, 0.5) is 0 Å². The highest BCUT2D eigenvalue weighted by atomic mass is 31.2. The molecule has 18 heteroatoms. The summed E-state index contributed by atoms with van der Waals surface area (Å²) in [6, 6.07) is 0. The lowest BCUT2D eigenvalue weighted by Gasteiger charge is -2.21. The van der Waals surface area contributed by atoms with Crippen LogP contribution in [0.15, 0.2) is 182 Å². The van der Waals surface area contributed by atoms with Crippen LogP contribution in [0.2, 0.25) is 0 Å². The summed E-state index contributed by atoms with van der Waals surface area (Å²) in [5.74, 6) is -1.60. The van der Waals surface area contributed by atoms with Gasteiger partial charge in [0.25, 0.3) is 0 Å². The highest BCUT2D eigenvalue weighted by Crippen LogP contribution is 2.45. The molecule has 111 heavy (non-hydrogen) atoms. The minimum absolute atomic E-state index is 0.0803. The Hall–Kier alpha value is -5.35. The second kappa shape index (κ2) is 84.1. The van der Waals surface area contributed by atoms with Gasteiger partial charge in [-0.05, 0) is 154 Å². The van der Waals surface area contributed by atoms with E-state index in [2.05, 4.69) is 203 Å². The number of phosphoric acid groups is 2. The molecule has 0 saturated carbocycles. The van der Waals surface area contributed by atoms with Crippen molar-refractivity contribution in [3.05, 3.63) is 182 Å². The summed E-state index contributed by atoms with van der Waals surface area (Å²) in [6.07, 6.45) is 109. The summed E-state index contributed by atoms with van der Waals surface area (Å²) >= 11 is 0. The van der Waals surface area contributed by atoms with Crippen LogP contribution in [-0.2, 0) is 55.8 Å². The first kappa shape index (κ1) is 106. The van der Waals surface area contributed by atoms with E-state index in [1.807, 2.05) is 0 Å². The molecule has 0 radical (unpaired) electrons. The maximum absolute atomic E-state index is 13.0. The van der Waals surface area contributed by atoms with Crippen LogP contribution in [0, 0.1) is 0 Å². The molecule has 0 fully saturated rings. The topological polar surface area (TPSA) is 231 Å². The molecule has 0 spiro atoms. The fourth-order valence-corrected chi connectivity index (χ4v) is 12.8. The fraction of sp³-hybridized carbons (Fsp3) is 0.645. The lowest BCUT2D eigenvalue weighted by Crippen LogP contribution is -2.30. The first-order chi connectivity index (χ1) is 54.2. The summed E-state index contributed by atoms with van der Waals surface area (Å²) in [6.45, 7) is 2.33. The van der Waals surface area contributed by atoms with E-state index >= 15 is 0 Å². The molecule has 5 atom stereocenters. The zero-order valence-corrected chi connectivity index (χ0v) is 71.1.